The minimum Gasteiger partial charge on any atom is -0.378 e. The summed E-state index contributed by atoms with van der Waals surface area (Å²) in [7, 11) is 1.60. The van der Waals surface area contributed by atoms with Crippen molar-refractivity contribution in [3.63, 3.8) is 0 Å². The van der Waals surface area contributed by atoms with Crippen LogP contribution in [-0.2, 0) is 4.74 Å². The highest BCUT2D eigenvalue weighted by molar-refractivity contribution is 7.12. The molecule has 0 saturated heterocycles. The van der Waals surface area contributed by atoms with Crippen LogP contribution in [0.1, 0.15) is 29.9 Å². The quantitative estimate of drug-likeness (QED) is 0.744. The van der Waals surface area contributed by atoms with Gasteiger partial charge in [0.15, 0.2) is 5.78 Å². The van der Waals surface area contributed by atoms with Gasteiger partial charge in [-0.15, -0.1) is 11.3 Å². The van der Waals surface area contributed by atoms with Gasteiger partial charge in [0.2, 0.25) is 0 Å². The number of carbonyl (C=O) groups is 1. The predicted molar refractivity (Wildman–Crippen MR) is 59.4 cm³/mol. The standard InChI is InChI=1S/C10H13ClO2S/c1-10(2,13-3)6-8(12)9-7(11)4-5-14-9/h4-5H,6H2,1-3H3. The number of hydrogen-bond acceptors (Lipinski definition) is 3. The summed E-state index contributed by atoms with van der Waals surface area (Å²) >= 11 is 7.23. The lowest BCUT2D eigenvalue weighted by Crippen LogP contribution is -2.26. The Balaban J connectivity index is 2.73. The third-order valence-electron chi connectivity index (χ3n) is 2.01. The summed E-state index contributed by atoms with van der Waals surface area (Å²) < 4.78 is 5.19. The van der Waals surface area contributed by atoms with E-state index in [2.05, 4.69) is 0 Å². The van der Waals surface area contributed by atoms with Gasteiger partial charge in [0.1, 0.15) is 0 Å². The average Bonchev–Trinajstić information content (AvgIpc) is 2.51. The Morgan fingerprint density at radius 1 is 1.64 bits per heavy atom. The molecule has 0 aliphatic rings. The molecule has 0 amide bonds. The van der Waals surface area contributed by atoms with E-state index in [1.807, 2.05) is 19.2 Å². The summed E-state index contributed by atoms with van der Waals surface area (Å²) in [6, 6.07) is 1.74. The maximum atomic E-state index is 11.7. The molecule has 0 aromatic carbocycles. The third kappa shape index (κ3) is 2.80. The maximum absolute atomic E-state index is 11.7. The lowest BCUT2D eigenvalue weighted by atomic mass is 10.0. The number of rotatable bonds is 4. The summed E-state index contributed by atoms with van der Waals surface area (Å²) in [5.74, 6) is 0.0388. The summed E-state index contributed by atoms with van der Waals surface area (Å²) in [6.45, 7) is 3.76. The first-order chi connectivity index (χ1) is 6.46. The average molecular weight is 233 g/mol. The number of ether oxygens (including phenoxy) is 1. The van der Waals surface area contributed by atoms with Gasteiger partial charge in [-0.1, -0.05) is 11.6 Å². The van der Waals surface area contributed by atoms with Crippen molar-refractivity contribution in [2.75, 3.05) is 7.11 Å². The molecule has 0 aliphatic carbocycles. The van der Waals surface area contributed by atoms with Gasteiger partial charge >= 0.3 is 0 Å². The van der Waals surface area contributed by atoms with E-state index < -0.39 is 5.60 Å². The normalized spacial score (nSPS) is 11.7. The maximum Gasteiger partial charge on any atom is 0.177 e. The van der Waals surface area contributed by atoms with Gasteiger partial charge in [0.05, 0.1) is 15.5 Å². The van der Waals surface area contributed by atoms with Crippen LogP contribution in [0.25, 0.3) is 0 Å². The number of ketones is 1. The minimum atomic E-state index is -0.426. The fourth-order valence-corrected chi connectivity index (χ4v) is 2.13. The van der Waals surface area contributed by atoms with Gasteiger partial charge in [0, 0.05) is 13.5 Å². The number of thiophene rings is 1. The zero-order chi connectivity index (χ0) is 10.8. The van der Waals surface area contributed by atoms with Crippen LogP contribution in [0.2, 0.25) is 5.02 Å². The first-order valence-corrected chi connectivity index (χ1v) is 5.53. The van der Waals surface area contributed by atoms with E-state index in [4.69, 9.17) is 16.3 Å². The van der Waals surface area contributed by atoms with Crippen molar-refractivity contribution < 1.29 is 9.53 Å². The summed E-state index contributed by atoms with van der Waals surface area (Å²) in [5.41, 5.74) is -0.426. The molecule has 14 heavy (non-hydrogen) atoms. The second-order valence-electron chi connectivity index (χ2n) is 3.66. The van der Waals surface area contributed by atoms with Gasteiger partial charge in [-0.25, -0.2) is 0 Å². The molecule has 0 bridgehead atoms. The van der Waals surface area contributed by atoms with Crippen molar-refractivity contribution in [2.24, 2.45) is 0 Å². The van der Waals surface area contributed by atoms with Crippen LogP contribution in [0.5, 0.6) is 0 Å². The van der Waals surface area contributed by atoms with Gasteiger partial charge in [-0.2, -0.15) is 0 Å². The monoisotopic (exact) mass is 232 g/mol. The van der Waals surface area contributed by atoms with Crippen molar-refractivity contribution in [1.29, 1.82) is 0 Å². The topological polar surface area (TPSA) is 26.3 Å². The Kier molecular flexibility index (Phi) is 3.70. The Morgan fingerprint density at radius 2 is 2.29 bits per heavy atom. The smallest absolute Gasteiger partial charge is 0.177 e. The molecule has 1 aromatic rings. The number of carbonyl (C=O) groups excluding carboxylic acids is 1. The lowest BCUT2D eigenvalue weighted by Gasteiger charge is -2.21. The van der Waals surface area contributed by atoms with E-state index in [1.165, 1.54) is 11.3 Å². The van der Waals surface area contributed by atoms with Gasteiger partial charge in [-0.3, -0.25) is 4.79 Å². The number of hydrogen-bond donors (Lipinski definition) is 0. The third-order valence-corrected chi connectivity index (χ3v) is 3.39. The molecule has 0 unspecified atom stereocenters. The van der Waals surface area contributed by atoms with Crippen LogP contribution < -0.4 is 0 Å². The summed E-state index contributed by atoms with van der Waals surface area (Å²) in [6.07, 6.45) is 0.351. The molecule has 2 nitrogen and oxygen atoms in total. The summed E-state index contributed by atoms with van der Waals surface area (Å²) in [4.78, 5) is 12.4. The van der Waals surface area contributed by atoms with E-state index in [0.717, 1.165) is 0 Å². The number of halogens is 1. The molecule has 0 atom stereocenters. The van der Waals surface area contributed by atoms with E-state index in [-0.39, 0.29) is 5.78 Å². The highest BCUT2D eigenvalue weighted by atomic mass is 35.5. The second kappa shape index (κ2) is 4.43. The van der Waals surface area contributed by atoms with Gasteiger partial charge < -0.3 is 4.74 Å². The SMILES string of the molecule is COC(C)(C)CC(=O)c1sccc1Cl. The minimum absolute atomic E-state index is 0.0388. The molecule has 0 saturated carbocycles. The molecule has 1 aromatic heterocycles. The Hall–Kier alpha value is -0.380. The number of methoxy groups -OCH3 is 1. The molecule has 0 N–H and O–H groups in total. The van der Waals surface area contributed by atoms with Gasteiger partial charge in [0.25, 0.3) is 0 Å². The zero-order valence-electron chi connectivity index (χ0n) is 8.46. The molecule has 0 aliphatic heterocycles. The van der Waals surface area contributed by atoms with Crippen LogP contribution in [0.3, 0.4) is 0 Å². The fourth-order valence-electron chi connectivity index (χ4n) is 1.03. The van der Waals surface area contributed by atoms with Crippen LogP contribution in [0.4, 0.5) is 0 Å². The first kappa shape index (κ1) is 11.7. The van der Waals surface area contributed by atoms with E-state index in [0.29, 0.717) is 16.3 Å². The number of Topliss-reactive ketones (excluding diaryl/α,β-unsaturated/α-hetero) is 1. The first-order valence-electron chi connectivity index (χ1n) is 4.27. The molecular formula is C10H13ClO2S. The van der Waals surface area contributed by atoms with Crippen LogP contribution in [0.15, 0.2) is 11.4 Å². The fraction of sp³-hybridized carbons (Fsp3) is 0.500. The second-order valence-corrected chi connectivity index (χ2v) is 4.98. The van der Waals surface area contributed by atoms with Crippen molar-refractivity contribution in [2.45, 2.75) is 25.9 Å². The zero-order valence-corrected chi connectivity index (χ0v) is 10.0. The molecular weight excluding hydrogens is 220 g/mol. The highest BCUT2D eigenvalue weighted by Gasteiger charge is 2.23. The Morgan fingerprint density at radius 3 is 2.71 bits per heavy atom. The highest BCUT2D eigenvalue weighted by Crippen LogP contribution is 2.26. The molecule has 1 rings (SSSR count). The lowest BCUT2D eigenvalue weighted by molar-refractivity contribution is 0.0173. The van der Waals surface area contributed by atoms with Crippen LogP contribution in [0, 0.1) is 0 Å². The van der Waals surface area contributed by atoms with Crippen molar-refractivity contribution >= 4 is 28.7 Å². The van der Waals surface area contributed by atoms with Crippen molar-refractivity contribution in [3.8, 4) is 0 Å². The Bertz CT molecular complexity index is 331. The van der Waals surface area contributed by atoms with Crippen molar-refractivity contribution in [1.82, 2.24) is 0 Å². The molecule has 4 heteroatoms. The molecule has 0 radical (unpaired) electrons. The molecule has 78 valence electrons. The Labute approximate surface area is 92.8 Å². The predicted octanol–water partition coefficient (Wildman–Crippen LogP) is 3.40. The van der Waals surface area contributed by atoms with Crippen molar-refractivity contribution in [3.05, 3.63) is 21.3 Å². The van der Waals surface area contributed by atoms with Gasteiger partial charge in [-0.05, 0) is 25.3 Å². The van der Waals surface area contributed by atoms with Crippen LogP contribution in [-0.4, -0.2) is 18.5 Å². The van der Waals surface area contributed by atoms with E-state index >= 15 is 0 Å². The molecule has 0 spiro atoms. The largest absolute Gasteiger partial charge is 0.378 e. The van der Waals surface area contributed by atoms with Crippen LogP contribution >= 0.6 is 22.9 Å². The summed E-state index contributed by atoms with van der Waals surface area (Å²) in [5, 5.41) is 2.35. The molecule has 0 fully saturated rings. The molecule has 1 heterocycles. The van der Waals surface area contributed by atoms with E-state index in [1.54, 1.807) is 13.2 Å². The van der Waals surface area contributed by atoms with E-state index in [9.17, 15) is 4.79 Å².